The van der Waals surface area contributed by atoms with Crippen molar-refractivity contribution in [2.24, 2.45) is 0 Å². The Balaban J connectivity index is 1.30. The molecule has 2 aliphatic heterocycles. The number of hydrogen-bond acceptors (Lipinski definition) is 5. The first-order valence-corrected chi connectivity index (χ1v) is 12.6. The Bertz CT molecular complexity index is 1280. The Morgan fingerprint density at radius 3 is 2.64 bits per heavy atom. The molecule has 0 spiro atoms. The van der Waals surface area contributed by atoms with Gasteiger partial charge in [0.1, 0.15) is 5.75 Å². The van der Waals surface area contributed by atoms with E-state index in [0.29, 0.717) is 35.9 Å². The summed E-state index contributed by atoms with van der Waals surface area (Å²) in [7, 11) is 0. The molecule has 1 fully saturated rings. The molecule has 36 heavy (non-hydrogen) atoms. The van der Waals surface area contributed by atoms with Gasteiger partial charge in [0, 0.05) is 48.4 Å². The number of halogens is 1. The van der Waals surface area contributed by atoms with E-state index in [1.807, 2.05) is 54.6 Å². The lowest BCUT2D eigenvalue weighted by atomic mass is 9.84. The van der Waals surface area contributed by atoms with Crippen molar-refractivity contribution >= 4 is 23.1 Å². The van der Waals surface area contributed by atoms with E-state index in [2.05, 4.69) is 16.0 Å². The van der Waals surface area contributed by atoms with Gasteiger partial charge in [0.2, 0.25) is 5.88 Å². The Morgan fingerprint density at radius 1 is 1.11 bits per heavy atom. The summed E-state index contributed by atoms with van der Waals surface area (Å²) in [5.74, 6) is 0.341. The highest BCUT2D eigenvalue weighted by Crippen LogP contribution is 2.39. The van der Waals surface area contributed by atoms with Gasteiger partial charge >= 0.3 is 5.97 Å². The molecule has 3 aromatic rings. The van der Waals surface area contributed by atoms with Crippen LogP contribution in [-0.2, 0) is 23.2 Å². The van der Waals surface area contributed by atoms with Crippen molar-refractivity contribution in [3.8, 4) is 11.6 Å². The van der Waals surface area contributed by atoms with Crippen molar-refractivity contribution in [2.45, 2.75) is 37.7 Å². The predicted octanol–water partition coefficient (Wildman–Crippen LogP) is 5.47. The smallest absolute Gasteiger partial charge is 0.307 e. The average molecular weight is 505 g/mol. The summed E-state index contributed by atoms with van der Waals surface area (Å²) in [6, 6.07) is 16.9. The number of carbonyl (C=O) groups is 1. The van der Waals surface area contributed by atoms with Crippen molar-refractivity contribution in [2.75, 3.05) is 19.6 Å². The molecule has 7 heteroatoms. The molecule has 3 heterocycles. The number of carboxylic acid groups (broad SMARTS) is 1. The van der Waals surface area contributed by atoms with E-state index in [1.54, 1.807) is 6.20 Å². The molecule has 0 bridgehead atoms. The standard InChI is InChI=1S/C29H29ClN2O4/c30-23-10-8-22(9-11-23)29(35)12-16-32(17-13-29)15-3-5-20-18-25-21(19-27(33)34)4-1-7-26(25)36-28-24(20)6-2-14-31-28/h1-2,4-11,14,35H,3,12-13,15-19H2,(H,33,34)/b20-5-. The van der Waals surface area contributed by atoms with Crippen molar-refractivity contribution in [3.63, 3.8) is 0 Å². The summed E-state index contributed by atoms with van der Waals surface area (Å²) in [6.07, 6.45) is 6.66. The van der Waals surface area contributed by atoms with Crippen LogP contribution >= 0.6 is 11.6 Å². The summed E-state index contributed by atoms with van der Waals surface area (Å²) in [6.45, 7) is 2.50. The number of rotatable bonds is 6. The molecule has 0 amide bonds. The predicted molar refractivity (Wildman–Crippen MR) is 139 cm³/mol. The molecule has 2 aliphatic rings. The van der Waals surface area contributed by atoms with Crippen molar-refractivity contribution in [3.05, 3.63) is 94.1 Å². The summed E-state index contributed by atoms with van der Waals surface area (Å²) in [5.41, 5.74) is 3.79. The lowest BCUT2D eigenvalue weighted by molar-refractivity contribution is -0.136. The van der Waals surface area contributed by atoms with E-state index in [0.717, 1.165) is 53.9 Å². The SMILES string of the molecule is O=C(O)Cc1cccc2c1C/C(=C/CCN1CCC(O)(c3ccc(Cl)cc3)CC1)c1cccnc1O2. The molecule has 1 aromatic heterocycles. The molecule has 0 atom stereocenters. The minimum Gasteiger partial charge on any atom is -0.481 e. The Hall–Kier alpha value is -3.19. The Morgan fingerprint density at radius 2 is 1.89 bits per heavy atom. The monoisotopic (exact) mass is 504 g/mol. The summed E-state index contributed by atoms with van der Waals surface area (Å²) in [4.78, 5) is 18.3. The topological polar surface area (TPSA) is 82.9 Å². The number of nitrogens with zero attached hydrogens (tertiary/aromatic N) is 2. The second-order valence-electron chi connectivity index (χ2n) is 9.50. The van der Waals surface area contributed by atoms with E-state index in [9.17, 15) is 15.0 Å². The van der Waals surface area contributed by atoms with E-state index in [1.165, 1.54) is 0 Å². The maximum absolute atomic E-state index is 11.4. The fourth-order valence-electron chi connectivity index (χ4n) is 5.14. The van der Waals surface area contributed by atoms with E-state index < -0.39 is 11.6 Å². The maximum Gasteiger partial charge on any atom is 0.307 e. The number of ether oxygens (including phenoxy) is 1. The van der Waals surface area contributed by atoms with Crippen LogP contribution in [0.25, 0.3) is 5.57 Å². The first-order chi connectivity index (χ1) is 17.4. The molecule has 2 N–H and O–H groups in total. The first-order valence-electron chi connectivity index (χ1n) is 12.3. The number of aliphatic hydroxyl groups is 1. The number of fused-ring (bicyclic) bond motifs is 2. The summed E-state index contributed by atoms with van der Waals surface area (Å²) in [5, 5.41) is 21.2. The van der Waals surface area contributed by atoms with Crippen molar-refractivity contribution < 1.29 is 19.7 Å². The molecule has 186 valence electrons. The van der Waals surface area contributed by atoms with Crippen LogP contribution in [0.3, 0.4) is 0 Å². The van der Waals surface area contributed by atoms with Crippen molar-refractivity contribution in [1.82, 2.24) is 9.88 Å². The third-order valence-electron chi connectivity index (χ3n) is 7.16. The minimum absolute atomic E-state index is 0.0477. The molecule has 0 aliphatic carbocycles. The van der Waals surface area contributed by atoms with Gasteiger partial charge in [0.15, 0.2) is 0 Å². The number of aromatic nitrogens is 1. The van der Waals surface area contributed by atoms with Gasteiger partial charge in [-0.3, -0.25) is 4.79 Å². The lowest BCUT2D eigenvalue weighted by Crippen LogP contribution is -2.42. The number of pyridine rings is 1. The zero-order valence-corrected chi connectivity index (χ0v) is 20.7. The quantitative estimate of drug-likeness (QED) is 0.463. The fourth-order valence-corrected chi connectivity index (χ4v) is 5.27. The normalized spacial score (nSPS) is 18.1. The van der Waals surface area contributed by atoms with Crippen LogP contribution in [0.4, 0.5) is 0 Å². The van der Waals surface area contributed by atoms with E-state index in [-0.39, 0.29) is 6.42 Å². The van der Waals surface area contributed by atoms with Crippen LogP contribution in [-0.4, -0.2) is 45.7 Å². The molecular formula is C29H29ClN2O4. The number of hydrogen-bond donors (Lipinski definition) is 2. The summed E-state index contributed by atoms with van der Waals surface area (Å²) < 4.78 is 6.13. The zero-order valence-electron chi connectivity index (χ0n) is 20.0. The van der Waals surface area contributed by atoms with Crippen LogP contribution in [0.5, 0.6) is 11.6 Å². The van der Waals surface area contributed by atoms with Crippen molar-refractivity contribution in [1.29, 1.82) is 0 Å². The van der Waals surface area contributed by atoms with Gasteiger partial charge in [-0.1, -0.05) is 41.9 Å². The number of piperidine rings is 1. The summed E-state index contributed by atoms with van der Waals surface area (Å²) >= 11 is 6.01. The molecule has 0 radical (unpaired) electrons. The van der Waals surface area contributed by atoms with Gasteiger partial charge in [-0.15, -0.1) is 0 Å². The molecular weight excluding hydrogens is 476 g/mol. The third kappa shape index (κ3) is 5.31. The minimum atomic E-state index is -0.863. The maximum atomic E-state index is 11.4. The largest absolute Gasteiger partial charge is 0.481 e. The van der Waals surface area contributed by atoms with Crippen LogP contribution in [0.15, 0.2) is 66.9 Å². The molecule has 1 saturated heterocycles. The van der Waals surface area contributed by atoms with Gasteiger partial charge in [-0.2, -0.15) is 0 Å². The van der Waals surface area contributed by atoms with Crippen LogP contribution < -0.4 is 4.74 Å². The number of allylic oxidation sites excluding steroid dienone is 1. The van der Waals surface area contributed by atoms with E-state index in [4.69, 9.17) is 16.3 Å². The number of benzene rings is 2. The lowest BCUT2D eigenvalue weighted by Gasteiger charge is -2.38. The van der Waals surface area contributed by atoms with Gasteiger partial charge in [-0.05, 0) is 66.3 Å². The number of carboxylic acids is 1. The Kier molecular flexibility index (Phi) is 7.10. The highest BCUT2D eigenvalue weighted by molar-refractivity contribution is 6.30. The Labute approximate surface area is 215 Å². The van der Waals surface area contributed by atoms with Crippen LogP contribution in [0.1, 0.15) is 41.5 Å². The second kappa shape index (κ2) is 10.4. The highest BCUT2D eigenvalue weighted by Gasteiger charge is 2.33. The number of likely N-dealkylation sites (tertiary alicyclic amines) is 1. The molecule has 6 nitrogen and oxygen atoms in total. The molecule has 5 rings (SSSR count). The van der Waals surface area contributed by atoms with Gasteiger partial charge in [0.25, 0.3) is 0 Å². The third-order valence-corrected chi connectivity index (χ3v) is 7.42. The van der Waals surface area contributed by atoms with Gasteiger partial charge in [0.05, 0.1) is 12.0 Å². The van der Waals surface area contributed by atoms with Gasteiger partial charge < -0.3 is 19.8 Å². The van der Waals surface area contributed by atoms with E-state index >= 15 is 0 Å². The zero-order chi connectivity index (χ0) is 25.1. The highest BCUT2D eigenvalue weighted by atomic mass is 35.5. The first kappa shape index (κ1) is 24.5. The molecule has 0 saturated carbocycles. The fraction of sp³-hybridized carbons (Fsp3) is 0.310. The molecule has 0 unspecified atom stereocenters. The van der Waals surface area contributed by atoms with Crippen LogP contribution in [0.2, 0.25) is 5.02 Å². The number of aliphatic carboxylic acids is 1. The average Bonchev–Trinajstić information content (AvgIpc) is 3.03. The molecule has 2 aromatic carbocycles. The second-order valence-corrected chi connectivity index (χ2v) is 9.93. The van der Waals surface area contributed by atoms with Gasteiger partial charge in [-0.25, -0.2) is 4.98 Å². The van der Waals surface area contributed by atoms with Crippen LogP contribution in [0, 0.1) is 0 Å².